The van der Waals surface area contributed by atoms with Gasteiger partial charge in [0.15, 0.2) is 5.92 Å². The number of alkyl halides is 3. The van der Waals surface area contributed by atoms with Gasteiger partial charge in [-0.25, -0.2) is 0 Å². The number of hydrogen-bond acceptors (Lipinski definition) is 2. The number of nitrogens with one attached hydrogen (secondary N) is 1. The molecule has 0 rings (SSSR count). The zero-order valence-electron chi connectivity index (χ0n) is 10.6. The minimum Gasteiger partial charge on any atom is -0.313 e. The summed E-state index contributed by atoms with van der Waals surface area (Å²) in [5.41, 5.74) is 0. The molecule has 100 valence electrons. The van der Waals surface area contributed by atoms with Crippen LogP contribution < -0.4 is 5.32 Å². The highest BCUT2D eigenvalue weighted by Crippen LogP contribution is 2.25. The fourth-order valence-corrected chi connectivity index (χ4v) is 1.49. The molecule has 0 aromatic rings. The van der Waals surface area contributed by atoms with Crippen LogP contribution in [0.5, 0.6) is 0 Å². The summed E-state index contributed by atoms with van der Waals surface area (Å²) < 4.78 is 36.8. The molecule has 0 aliphatic heterocycles. The fourth-order valence-electron chi connectivity index (χ4n) is 1.49. The van der Waals surface area contributed by atoms with E-state index in [0.717, 1.165) is 19.3 Å². The smallest absolute Gasteiger partial charge is 0.313 e. The topological polar surface area (TPSA) is 35.8 Å². The average Bonchev–Trinajstić information content (AvgIpc) is 2.15. The summed E-state index contributed by atoms with van der Waals surface area (Å²) in [4.78, 5) is 0. The van der Waals surface area contributed by atoms with Gasteiger partial charge in [-0.15, -0.1) is 0 Å². The first kappa shape index (κ1) is 16.2. The Labute approximate surface area is 101 Å². The summed E-state index contributed by atoms with van der Waals surface area (Å²) in [7, 11) is 0. The molecular weight excluding hydrogens is 229 g/mol. The molecule has 0 bridgehead atoms. The van der Waals surface area contributed by atoms with E-state index in [2.05, 4.69) is 19.2 Å². The molecule has 2 atom stereocenters. The first-order valence-electron chi connectivity index (χ1n) is 5.97. The Balaban J connectivity index is 3.83. The van der Waals surface area contributed by atoms with Gasteiger partial charge >= 0.3 is 6.18 Å². The maximum absolute atomic E-state index is 12.3. The van der Waals surface area contributed by atoms with Crippen molar-refractivity contribution in [3.05, 3.63) is 0 Å². The van der Waals surface area contributed by atoms with E-state index in [9.17, 15) is 13.2 Å². The molecule has 0 aliphatic carbocycles. The Morgan fingerprint density at radius 2 is 1.76 bits per heavy atom. The van der Waals surface area contributed by atoms with Crippen molar-refractivity contribution in [1.29, 1.82) is 5.26 Å². The van der Waals surface area contributed by atoms with Crippen LogP contribution in [0.25, 0.3) is 0 Å². The Morgan fingerprint density at radius 1 is 1.18 bits per heavy atom. The summed E-state index contributed by atoms with van der Waals surface area (Å²) in [6.45, 7) is 5.77. The van der Waals surface area contributed by atoms with Crippen LogP contribution in [0.1, 0.15) is 40.0 Å². The zero-order valence-corrected chi connectivity index (χ0v) is 10.6. The van der Waals surface area contributed by atoms with Crippen molar-refractivity contribution >= 4 is 0 Å². The molecule has 0 radical (unpaired) electrons. The second-order valence-electron chi connectivity index (χ2n) is 4.86. The van der Waals surface area contributed by atoms with Crippen LogP contribution >= 0.6 is 0 Å². The van der Waals surface area contributed by atoms with Crippen LogP contribution in [-0.2, 0) is 0 Å². The van der Waals surface area contributed by atoms with Gasteiger partial charge in [-0.3, -0.25) is 0 Å². The lowest BCUT2D eigenvalue weighted by Crippen LogP contribution is -2.36. The second kappa shape index (κ2) is 7.54. The van der Waals surface area contributed by atoms with Crippen LogP contribution in [0, 0.1) is 23.2 Å². The molecule has 2 unspecified atom stereocenters. The average molecular weight is 250 g/mol. The molecule has 0 spiro atoms. The molecule has 5 heteroatoms. The minimum absolute atomic E-state index is 0.0203. The molecular formula is C12H21F3N2. The minimum atomic E-state index is -4.43. The van der Waals surface area contributed by atoms with E-state index in [1.54, 1.807) is 0 Å². The molecule has 0 amide bonds. The van der Waals surface area contributed by atoms with Gasteiger partial charge < -0.3 is 5.32 Å². The lowest BCUT2D eigenvalue weighted by atomic mass is 10.0. The summed E-state index contributed by atoms with van der Waals surface area (Å²) in [6.07, 6.45) is -1.52. The SMILES string of the molecule is CC(C)CCCC(C)NCC(C#N)C(F)(F)F. The molecule has 0 saturated carbocycles. The van der Waals surface area contributed by atoms with Crippen molar-refractivity contribution in [3.8, 4) is 6.07 Å². The molecule has 0 heterocycles. The number of halogens is 3. The molecule has 17 heavy (non-hydrogen) atoms. The molecule has 0 aromatic heterocycles. The highest BCUT2D eigenvalue weighted by Gasteiger charge is 2.39. The Kier molecular flexibility index (Phi) is 7.21. The van der Waals surface area contributed by atoms with Crippen LogP contribution in [0.2, 0.25) is 0 Å². The predicted molar refractivity (Wildman–Crippen MR) is 61.3 cm³/mol. The number of hydrogen-bond donors (Lipinski definition) is 1. The fraction of sp³-hybridized carbons (Fsp3) is 0.917. The van der Waals surface area contributed by atoms with Crippen molar-refractivity contribution in [2.45, 2.75) is 52.3 Å². The standard InChI is InChI=1S/C12H21F3N2/c1-9(2)5-4-6-10(3)17-8-11(7-16)12(13,14)15/h9-11,17H,4-6,8H2,1-3H3. The quantitative estimate of drug-likeness (QED) is 0.750. The van der Waals surface area contributed by atoms with E-state index >= 15 is 0 Å². The summed E-state index contributed by atoms with van der Waals surface area (Å²) in [5, 5.41) is 11.2. The second-order valence-corrected chi connectivity index (χ2v) is 4.86. The lowest BCUT2D eigenvalue weighted by molar-refractivity contribution is -0.157. The van der Waals surface area contributed by atoms with E-state index in [0.29, 0.717) is 5.92 Å². The van der Waals surface area contributed by atoms with Crippen LogP contribution in [0.15, 0.2) is 0 Å². The van der Waals surface area contributed by atoms with Crippen molar-refractivity contribution < 1.29 is 13.2 Å². The third kappa shape index (κ3) is 8.03. The van der Waals surface area contributed by atoms with Gasteiger partial charge in [0.25, 0.3) is 0 Å². The molecule has 0 saturated heterocycles. The highest BCUT2D eigenvalue weighted by atomic mass is 19.4. The molecule has 0 fully saturated rings. The van der Waals surface area contributed by atoms with Gasteiger partial charge in [-0.2, -0.15) is 18.4 Å². The van der Waals surface area contributed by atoms with Crippen molar-refractivity contribution in [2.75, 3.05) is 6.54 Å². The van der Waals surface area contributed by atoms with E-state index in [-0.39, 0.29) is 12.6 Å². The van der Waals surface area contributed by atoms with Crippen molar-refractivity contribution in [1.82, 2.24) is 5.32 Å². The van der Waals surface area contributed by atoms with Crippen LogP contribution in [-0.4, -0.2) is 18.8 Å². The van der Waals surface area contributed by atoms with Crippen molar-refractivity contribution in [2.24, 2.45) is 11.8 Å². The first-order chi connectivity index (χ1) is 7.77. The zero-order chi connectivity index (χ0) is 13.5. The first-order valence-corrected chi connectivity index (χ1v) is 5.97. The Morgan fingerprint density at radius 3 is 2.18 bits per heavy atom. The third-order valence-corrected chi connectivity index (χ3v) is 2.64. The van der Waals surface area contributed by atoms with Crippen molar-refractivity contribution in [3.63, 3.8) is 0 Å². The van der Waals surface area contributed by atoms with E-state index in [4.69, 9.17) is 5.26 Å². The lowest BCUT2D eigenvalue weighted by Gasteiger charge is -2.18. The number of nitriles is 1. The summed E-state index contributed by atoms with van der Waals surface area (Å²) in [6, 6.07) is 1.30. The largest absolute Gasteiger partial charge is 0.405 e. The molecule has 0 aliphatic rings. The number of nitrogens with zero attached hydrogens (tertiary/aromatic N) is 1. The van der Waals surface area contributed by atoms with Crippen LogP contribution in [0.4, 0.5) is 13.2 Å². The van der Waals surface area contributed by atoms with Gasteiger partial charge in [0, 0.05) is 12.6 Å². The predicted octanol–water partition coefficient (Wildman–Crippen LogP) is 3.49. The van der Waals surface area contributed by atoms with Gasteiger partial charge in [-0.1, -0.05) is 26.7 Å². The number of rotatable bonds is 7. The maximum atomic E-state index is 12.3. The Bertz CT molecular complexity index is 243. The van der Waals surface area contributed by atoms with Gasteiger partial charge in [0.05, 0.1) is 6.07 Å². The van der Waals surface area contributed by atoms with Crippen LogP contribution in [0.3, 0.4) is 0 Å². The van der Waals surface area contributed by atoms with Gasteiger partial charge in [-0.05, 0) is 19.3 Å². The van der Waals surface area contributed by atoms with Gasteiger partial charge in [0.1, 0.15) is 0 Å². The van der Waals surface area contributed by atoms with E-state index in [1.165, 1.54) is 6.07 Å². The molecule has 2 nitrogen and oxygen atoms in total. The maximum Gasteiger partial charge on any atom is 0.405 e. The third-order valence-electron chi connectivity index (χ3n) is 2.64. The highest BCUT2D eigenvalue weighted by molar-refractivity contribution is 4.90. The molecule has 0 aromatic carbocycles. The van der Waals surface area contributed by atoms with E-state index in [1.807, 2.05) is 6.92 Å². The normalized spacial score (nSPS) is 15.6. The monoisotopic (exact) mass is 250 g/mol. The summed E-state index contributed by atoms with van der Waals surface area (Å²) >= 11 is 0. The Hall–Kier alpha value is -0.760. The van der Waals surface area contributed by atoms with E-state index < -0.39 is 12.1 Å². The molecule has 1 N–H and O–H groups in total. The van der Waals surface area contributed by atoms with Gasteiger partial charge in [0.2, 0.25) is 0 Å². The summed E-state index contributed by atoms with van der Waals surface area (Å²) in [5.74, 6) is -1.29.